The Bertz CT molecular complexity index is 713. The molecule has 170 valence electrons. The van der Waals surface area contributed by atoms with Gasteiger partial charge >= 0.3 is 6.03 Å². The van der Waals surface area contributed by atoms with Gasteiger partial charge in [0, 0.05) is 19.5 Å². The number of carbonyl (C=O) groups is 1. The predicted molar refractivity (Wildman–Crippen MR) is 130 cm³/mol. The molecule has 0 aliphatic heterocycles. The van der Waals surface area contributed by atoms with E-state index >= 15 is 0 Å². The van der Waals surface area contributed by atoms with Gasteiger partial charge in [0.15, 0.2) is 0 Å². The topological polar surface area (TPSA) is 35.9 Å². The third-order valence-electron chi connectivity index (χ3n) is 6.83. The summed E-state index contributed by atoms with van der Waals surface area (Å²) in [6.07, 6.45) is 18.6. The lowest BCUT2D eigenvalue weighted by Gasteiger charge is -2.34. The van der Waals surface area contributed by atoms with Gasteiger partial charge in [-0.15, -0.1) is 0 Å². The number of nitrogens with zero attached hydrogens (tertiary/aromatic N) is 3. The van der Waals surface area contributed by atoms with Crippen molar-refractivity contribution < 1.29 is 4.79 Å². The van der Waals surface area contributed by atoms with Gasteiger partial charge in [0.05, 0.1) is 11.8 Å². The van der Waals surface area contributed by atoms with Crippen LogP contribution in [0.4, 0.5) is 4.79 Å². The molecule has 0 unspecified atom stereocenters. The van der Waals surface area contributed by atoms with Crippen molar-refractivity contribution >= 4 is 11.7 Å². The third kappa shape index (κ3) is 6.95. The summed E-state index contributed by atoms with van der Waals surface area (Å²) < 4.78 is 0. The summed E-state index contributed by atoms with van der Waals surface area (Å²) in [5.41, 5.74) is 2.30. The van der Waals surface area contributed by atoms with Crippen LogP contribution in [0.5, 0.6) is 0 Å². The van der Waals surface area contributed by atoms with E-state index in [-0.39, 0.29) is 12.1 Å². The number of urea groups is 1. The molecule has 0 saturated heterocycles. The number of hydrogen-bond donors (Lipinski definition) is 0. The van der Waals surface area contributed by atoms with Crippen molar-refractivity contribution in [2.75, 3.05) is 13.6 Å². The van der Waals surface area contributed by atoms with Crippen molar-refractivity contribution in [1.82, 2.24) is 9.91 Å². The highest BCUT2D eigenvalue weighted by atomic mass is 16.2. The largest absolute Gasteiger partial charge is 0.340 e. The fourth-order valence-corrected chi connectivity index (χ4v) is 4.95. The molecule has 2 saturated carbocycles. The first kappa shape index (κ1) is 23.6. The quantitative estimate of drug-likeness (QED) is 0.275. The fourth-order valence-electron chi connectivity index (χ4n) is 4.95. The minimum atomic E-state index is 0.0351. The molecule has 0 heterocycles. The third-order valence-corrected chi connectivity index (χ3v) is 6.83. The average Bonchev–Trinajstić information content (AvgIpc) is 2.79. The van der Waals surface area contributed by atoms with Gasteiger partial charge < -0.3 is 4.90 Å². The zero-order chi connectivity index (χ0) is 21.9. The number of likely N-dealkylation sites (N-methyl/N-ethyl adjacent to an activating group) is 1. The van der Waals surface area contributed by atoms with E-state index < -0.39 is 0 Å². The highest BCUT2D eigenvalue weighted by molar-refractivity contribution is 6.02. The standard InChI is InChI=1S/C27H41N3O/c1-3-4-22-29(2)27(31)30(25-20-14-6-5-7-15-21-25)28-26(23-16-10-8-11-17-23)24-18-12-9-13-19-24/h3-4,8,10-11,16-17,24-25H,5-7,9,12-15,18-22H2,1-2H3/b4-3-,28-26+. The van der Waals surface area contributed by atoms with E-state index in [0.29, 0.717) is 12.5 Å². The second-order valence-corrected chi connectivity index (χ2v) is 9.26. The lowest BCUT2D eigenvalue weighted by molar-refractivity contribution is 0.136. The Hall–Kier alpha value is -2.10. The van der Waals surface area contributed by atoms with Crippen molar-refractivity contribution in [3.63, 3.8) is 0 Å². The fraction of sp³-hybridized carbons (Fsp3) is 0.630. The first-order valence-electron chi connectivity index (χ1n) is 12.5. The first-order chi connectivity index (χ1) is 15.2. The van der Waals surface area contributed by atoms with Crippen molar-refractivity contribution in [2.24, 2.45) is 11.0 Å². The van der Waals surface area contributed by atoms with Crippen LogP contribution in [0.3, 0.4) is 0 Å². The van der Waals surface area contributed by atoms with Crippen LogP contribution in [0.2, 0.25) is 0 Å². The van der Waals surface area contributed by atoms with Gasteiger partial charge in [-0.1, -0.05) is 93.9 Å². The van der Waals surface area contributed by atoms with Crippen molar-refractivity contribution in [1.29, 1.82) is 0 Å². The van der Waals surface area contributed by atoms with Gasteiger partial charge in [-0.3, -0.25) is 0 Å². The predicted octanol–water partition coefficient (Wildman–Crippen LogP) is 7.01. The molecule has 4 heteroatoms. The maximum Gasteiger partial charge on any atom is 0.340 e. The normalized spacial score (nSPS) is 19.7. The number of benzene rings is 1. The molecule has 4 nitrogen and oxygen atoms in total. The Balaban J connectivity index is 1.96. The molecule has 31 heavy (non-hydrogen) atoms. The SMILES string of the molecule is C/C=C\CN(C)C(=O)N(/N=C(\c1ccccc1)C1CCCCC1)C1CCCCCCC1. The number of allylic oxidation sites excluding steroid dienone is 1. The summed E-state index contributed by atoms with van der Waals surface area (Å²) in [7, 11) is 1.90. The summed E-state index contributed by atoms with van der Waals surface area (Å²) in [6.45, 7) is 2.62. The van der Waals surface area contributed by atoms with Gasteiger partial charge in [-0.05, 0) is 38.2 Å². The van der Waals surface area contributed by atoms with E-state index in [1.807, 2.05) is 36.0 Å². The number of hydrogen-bond acceptors (Lipinski definition) is 2. The number of hydrazone groups is 1. The van der Waals surface area contributed by atoms with E-state index in [1.54, 1.807) is 0 Å². The molecule has 3 rings (SSSR count). The summed E-state index contributed by atoms with van der Waals surface area (Å²) >= 11 is 0. The molecule has 2 aliphatic carbocycles. The van der Waals surface area contributed by atoms with Crippen molar-refractivity contribution in [3.05, 3.63) is 48.0 Å². The van der Waals surface area contributed by atoms with E-state index in [1.165, 1.54) is 69.8 Å². The number of rotatable bonds is 6. The second kappa shape index (κ2) is 12.7. The van der Waals surface area contributed by atoms with Gasteiger partial charge in [0.1, 0.15) is 0 Å². The Morgan fingerprint density at radius 2 is 1.52 bits per heavy atom. The van der Waals surface area contributed by atoms with Crippen LogP contribution in [0.1, 0.15) is 89.5 Å². The number of amides is 2. The molecule has 0 N–H and O–H groups in total. The molecule has 0 bridgehead atoms. The van der Waals surface area contributed by atoms with E-state index in [9.17, 15) is 4.79 Å². The lowest BCUT2D eigenvalue weighted by Crippen LogP contribution is -2.45. The molecule has 0 radical (unpaired) electrons. The Kier molecular flexibility index (Phi) is 9.64. The highest BCUT2D eigenvalue weighted by Gasteiger charge is 2.29. The lowest BCUT2D eigenvalue weighted by atomic mass is 9.83. The molecule has 0 aromatic heterocycles. The maximum absolute atomic E-state index is 13.6. The molecule has 0 atom stereocenters. The zero-order valence-electron chi connectivity index (χ0n) is 19.6. The van der Waals surface area contributed by atoms with Crippen LogP contribution in [-0.2, 0) is 0 Å². The van der Waals surface area contributed by atoms with Gasteiger partial charge in [0.25, 0.3) is 0 Å². The van der Waals surface area contributed by atoms with Crippen LogP contribution in [0.15, 0.2) is 47.6 Å². The van der Waals surface area contributed by atoms with Crippen LogP contribution in [0, 0.1) is 5.92 Å². The minimum absolute atomic E-state index is 0.0351. The Morgan fingerprint density at radius 1 is 0.935 bits per heavy atom. The molecule has 2 amide bonds. The van der Waals surface area contributed by atoms with E-state index in [4.69, 9.17) is 5.10 Å². The first-order valence-corrected chi connectivity index (χ1v) is 12.5. The van der Waals surface area contributed by atoms with Gasteiger partial charge in [-0.25, -0.2) is 9.80 Å². The highest BCUT2D eigenvalue weighted by Crippen LogP contribution is 2.29. The Morgan fingerprint density at radius 3 is 2.16 bits per heavy atom. The summed E-state index contributed by atoms with van der Waals surface area (Å²) in [6, 6.07) is 10.8. The monoisotopic (exact) mass is 423 g/mol. The molecular formula is C27H41N3O. The molecule has 1 aromatic rings. The minimum Gasteiger partial charge on any atom is -0.322 e. The van der Waals surface area contributed by atoms with Crippen molar-refractivity contribution in [2.45, 2.75) is 90.0 Å². The molecule has 1 aromatic carbocycles. The number of carbonyl (C=O) groups excluding carboxylic acids is 1. The van der Waals surface area contributed by atoms with Crippen molar-refractivity contribution in [3.8, 4) is 0 Å². The zero-order valence-corrected chi connectivity index (χ0v) is 19.6. The average molecular weight is 424 g/mol. The summed E-state index contributed by atoms with van der Waals surface area (Å²) in [4.78, 5) is 15.4. The summed E-state index contributed by atoms with van der Waals surface area (Å²) in [5.74, 6) is 0.445. The smallest absolute Gasteiger partial charge is 0.322 e. The van der Waals surface area contributed by atoms with Crippen LogP contribution >= 0.6 is 0 Å². The van der Waals surface area contributed by atoms with Gasteiger partial charge in [0.2, 0.25) is 0 Å². The second-order valence-electron chi connectivity index (χ2n) is 9.26. The Labute approximate surface area is 189 Å². The molecule has 2 fully saturated rings. The van der Waals surface area contributed by atoms with Gasteiger partial charge in [-0.2, -0.15) is 5.10 Å². The molecule has 0 spiro atoms. The van der Waals surface area contributed by atoms with Crippen LogP contribution in [0.25, 0.3) is 0 Å². The maximum atomic E-state index is 13.6. The van der Waals surface area contributed by atoms with Crippen LogP contribution in [-0.4, -0.2) is 41.3 Å². The molecule has 2 aliphatic rings. The van der Waals surface area contributed by atoms with E-state index in [2.05, 4.69) is 30.3 Å². The molecular weight excluding hydrogens is 382 g/mol. The summed E-state index contributed by atoms with van der Waals surface area (Å²) in [5, 5.41) is 7.11. The van der Waals surface area contributed by atoms with Crippen LogP contribution < -0.4 is 0 Å². The van der Waals surface area contributed by atoms with E-state index in [0.717, 1.165) is 18.6 Å².